The topological polar surface area (TPSA) is 75.4 Å². The van der Waals surface area contributed by atoms with Crippen LogP contribution >= 0.6 is 0 Å². The van der Waals surface area contributed by atoms with Crippen LogP contribution in [0.4, 0.5) is 5.69 Å². The van der Waals surface area contributed by atoms with E-state index in [1.807, 2.05) is 58.0 Å². The van der Waals surface area contributed by atoms with E-state index in [-0.39, 0.29) is 29.8 Å². The smallest absolute Gasteiger partial charge is 0.244 e. The highest BCUT2D eigenvalue weighted by Gasteiger charge is 2.35. The Balaban J connectivity index is 2.05. The molecule has 0 aromatic heterocycles. The van der Waals surface area contributed by atoms with Gasteiger partial charge in [0.05, 0.1) is 6.04 Å². The molecule has 3 rings (SSSR count). The van der Waals surface area contributed by atoms with E-state index in [4.69, 9.17) is 5.73 Å². The van der Waals surface area contributed by atoms with Gasteiger partial charge in [-0.25, -0.2) is 0 Å². The number of anilines is 1. The lowest BCUT2D eigenvalue weighted by Crippen LogP contribution is -2.50. The van der Waals surface area contributed by atoms with Crippen molar-refractivity contribution >= 4 is 17.5 Å². The van der Waals surface area contributed by atoms with Crippen LogP contribution in [0.15, 0.2) is 48.5 Å². The van der Waals surface area contributed by atoms with Gasteiger partial charge in [0.15, 0.2) is 0 Å². The summed E-state index contributed by atoms with van der Waals surface area (Å²) in [7, 11) is 0. The first-order valence-electron chi connectivity index (χ1n) is 9.69. The monoisotopic (exact) mass is 379 g/mol. The summed E-state index contributed by atoms with van der Waals surface area (Å²) in [5, 5.41) is 2.94. The third-order valence-electron chi connectivity index (χ3n) is 4.94. The predicted molar refractivity (Wildman–Crippen MR) is 112 cm³/mol. The van der Waals surface area contributed by atoms with Gasteiger partial charge in [-0.2, -0.15) is 0 Å². The van der Waals surface area contributed by atoms with E-state index in [0.29, 0.717) is 6.42 Å². The molecule has 2 atom stereocenters. The quantitative estimate of drug-likeness (QED) is 0.860. The molecule has 0 fully saturated rings. The Hall–Kier alpha value is -2.66. The molecule has 0 aliphatic carbocycles. The molecule has 3 N–H and O–H groups in total. The summed E-state index contributed by atoms with van der Waals surface area (Å²) in [6.45, 7) is 7.71. The van der Waals surface area contributed by atoms with Crippen molar-refractivity contribution in [1.82, 2.24) is 5.32 Å². The van der Waals surface area contributed by atoms with Crippen LogP contribution in [0.25, 0.3) is 0 Å². The molecule has 1 heterocycles. The van der Waals surface area contributed by atoms with Gasteiger partial charge in [-0.1, -0.05) is 42.5 Å². The van der Waals surface area contributed by atoms with Crippen molar-refractivity contribution in [2.24, 2.45) is 5.73 Å². The molecule has 0 unspecified atom stereocenters. The minimum atomic E-state index is -0.666. The van der Waals surface area contributed by atoms with Gasteiger partial charge in [-0.3, -0.25) is 9.59 Å². The van der Waals surface area contributed by atoms with Crippen LogP contribution < -0.4 is 16.0 Å². The zero-order chi connectivity index (χ0) is 20.5. The van der Waals surface area contributed by atoms with E-state index in [0.717, 1.165) is 22.4 Å². The predicted octanol–water partition coefficient (Wildman–Crippen LogP) is 3.11. The number of fused-ring (bicyclic) bond motifs is 1. The zero-order valence-corrected chi connectivity index (χ0v) is 17.0. The average molecular weight is 380 g/mol. The van der Waals surface area contributed by atoms with Crippen molar-refractivity contribution in [2.45, 2.75) is 51.6 Å². The first-order chi connectivity index (χ1) is 13.2. The van der Waals surface area contributed by atoms with E-state index in [9.17, 15) is 9.59 Å². The lowest BCUT2D eigenvalue weighted by molar-refractivity contribution is -0.125. The summed E-state index contributed by atoms with van der Waals surface area (Å²) in [6.07, 6.45) is 0.510. The van der Waals surface area contributed by atoms with Crippen LogP contribution in [0.3, 0.4) is 0 Å². The maximum Gasteiger partial charge on any atom is 0.244 e. The Morgan fingerprint density at radius 1 is 1.18 bits per heavy atom. The molecule has 2 amide bonds. The second kappa shape index (κ2) is 7.76. The van der Waals surface area contributed by atoms with Crippen LogP contribution in [0.5, 0.6) is 0 Å². The standard InChI is InChI=1S/C23H29N3O2/c1-15-10-11-17-18(16-8-6-5-7-9-16)13-19(24)22(28)26(20(17)12-15)14-21(27)25-23(2,3)4/h5-12,18-19H,13-14,24H2,1-4H3,(H,25,27)/t18-,19-/m1/s1. The summed E-state index contributed by atoms with van der Waals surface area (Å²) >= 11 is 0. The highest BCUT2D eigenvalue weighted by molar-refractivity contribution is 6.03. The first kappa shape index (κ1) is 20.1. The maximum absolute atomic E-state index is 13.1. The lowest BCUT2D eigenvalue weighted by atomic mass is 9.86. The molecule has 0 spiro atoms. The molecular formula is C23H29N3O2. The van der Waals surface area contributed by atoms with Crippen LogP contribution in [0, 0.1) is 6.92 Å². The van der Waals surface area contributed by atoms with Crippen LogP contribution in [0.1, 0.15) is 49.8 Å². The minimum Gasteiger partial charge on any atom is -0.350 e. The number of nitrogens with one attached hydrogen (secondary N) is 1. The Bertz CT molecular complexity index is 871. The number of amides is 2. The number of hydrogen-bond acceptors (Lipinski definition) is 3. The summed E-state index contributed by atoms with van der Waals surface area (Å²) in [5.41, 5.74) is 9.89. The number of hydrogen-bond donors (Lipinski definition) is 2. The van der Waals surface area contributed by atoms with Gasteiger partial charge in [0.2, 0.25) is 11.8 Å². The van der Waals surface area contributed by atoms with E-state index in [2.05, 4.69) is 23.5 Å². The third kappa shape index (κ3) is 4.42. The Morgan fingerprint density at radius 2 is 1.86 bits per heavy atom. The third-order valence-corrected chi connectivity index (χ3v) is 4.94. The first-order valence-corrected chi connectivity index (χ1v) is 9.69. The second-order valence-corrected chi connectivity index (χ2v) is 8.59. The molecule has 5 heteroatoms. The highest BCUT2D eigenvalue weighted by atomic mass is 16.2. The maximum atomic E-state index is 13.1. The van der Waals surface area contributed by atoms with Crippen LogP contribution in [-0.2, 0) is 9.59 Å². The fourth-order valence-corrected chi connectivity index (χ4v) is 3.75. The van der Waals surface area contributed by atoms with Gasteiger partial charge >= 0.3 is 0 Å². The molecule has 0 saturated heterocycles. The molecule has 0 radical (unpaired) electrons. The second-order valence-electron chi connectivity index (χ2n) is 8.59. The number of aryl methyl sites for hydroxylation is 1. The Labute approximate surface area is 166 Å². The summed E-state index contributed by atoms with van der Waals surface area (Å²) in [4.78, 5) is 27.3. The largest absolute Gasteiger partial charge is 0.350 e. The van der Waals surface area contributed by atoms with Gasteiger partial charge in [-0.05, 0) is 56.9 Å². The van der Waals surface area contributed by atoms with Crippen LogP contribution in [-0.4, -0.2) is 29.9 Å². The van der Waals surface area contributed by atoms with Crippen molar-refractivity contribution < 1.29 is 9.59 Å². The number of rotatable bonds is 3. The average Bonchev–Trinajstić information content (AvgIpc) is 2.71. The van der Waals surface area contributed by atoms with Crippen molar-refractivity contribution in [3.05, 3.63) is 65.2 Å². The van der Waals surface area contributed by atoms with E-state index < -0.39 is 6.04 Å². The minimum absolute atomic E-state index is 0.00595. The summed E-state index contributed by atoms with van der Waals surface area (Å²) in [6, 6.07) is 15.5. The molecule has 1 aliphatic rings. The molecule has 2 aromatic carbocycles. The van der Waals surface area contributed by atoms with E-state index in [1.165, 1.54) is 0 Å². The fraction of sp³-hybridized carbons (Fsp3) is 0.391. The number of benzene rings is 2. The zero-order valence-electron chi connectivity index (χ0n) is 17.0. The van der Waals surface area contributed by atoms with Gasteiger partial charge in [0.1, 0.15) is 6.54 Å². The van der Waals surface area contributed by atoms with Gasteiger partial charge in [0.25, 0.3) is 0 Å². The Kier molecular flexibility index (Phi) is 5.57. The molecule has 148 valence electrons. The highest BCUT2D eigenvalue weighted by Crippen LogP contribution is 2.39. The molecule has 0 saturated carbocycles. The van der Waals surface area contributed by atoms with Crippen LogP contribution in [0.2, 0.25) is 0 Å². The molecule has 0 bridgehead atoms. The number of carbonyl (C=O) groups excluding carboxylic acids is 2. The van der Waals surface area contributed by atoms with Crippen molar-refractivity contribution in [2.75, 3.05) is 11.4 Å². The summed E-state index contributed by atoms with van der Waals surface area (Å²) in [5.74, 6) is -0.403. The molecule has 5 nitrogen and oxygen atoms in total. The number of nitrogens with two attached hydrogens (primary N) is 1. The molecule has 28 heavy (non-hydrogen) atoms. The van der Waals surface area contributed by atoms with Crippen molar-refractivity contribution in [3.8, 4) is 0 Å². The number of carbonyl (C=O) groups is 2. The van der Waals surface area contributed by atoms with Gasteiger partial charge in [-0.15, -0.1) is 0 Å². The van der Waals surface area contributed by atoms with Gasteiger partial charge < -0.3 is 16.0 Å². The van der Waals surface area contributed by atoms with E-state index >= 15 is 0 Å². The number of nitrogens with zero attached hydrogens (tertiary/aromatic N) is 1. The molecule has 2 aromatic rings. The summed E-state index contributed by atoms with van der Waals surface area (Å²) < 4.78 is 0. The normalized spacial score (nSPS) is 19.8. The Morgan fingerprint density at radius 3 is 2.50 bits per heavy atom. The van der Waals surface area contributed by atoms with E-state index in [1.54, 1.807) is 4.90 Å². The lowest BCUT2D eigenvalue weighted by Gasteiger charge is -2.27. The molecule has 1 aliphatic heterocycles. The van der Waals surface area contributed by atoms with Crippen molar-refractivity contribution in [3.63, 3.8) is 0 Å². The van der Waals surface area contributed by atoms with Crippen molar-refractivity contribution in [1.29, 1.82) is 0 Å². The SMILES string of the molecule is Cc1ccc2c(c1)N(CC(=O)NC(C)(C)C)C(=O)[C@H](N)C[C@@H]2c1ccccc1. The fourth-order valence-electron chi connectivity index (χ4n) is 3.75. The van der Waals surface area contributed by atoms with Gasteiger partial charge in [0, 0.05) is 17.1 Å². The molecular weight excluding hydrogens is 350 g/mol.